The van der Waals surface area contributed by atoms with Gasteiger partial charge in [0.25, 0.3) is 11.8 Å². The van der Waals surface area contributed by atoms with Gasteiger partial charge < -0.3 is 9.67 Å². The zero-order valence-corrected chi connectivity index (χ0v) is 16.0. The van der Waals surface area contributed by atoms with Crippen LogP contribution in [0.25, 0.3) is 11.8 Å². The number of carboxylic acids is 1. The number of nitrogens with one attached hydrogen (secondary N) is 1. The average Bonchev–Trinajstić information content (AvgIpc) is 2.90. The standard InChI is InChI=1S/C19H16ClN3O5/c1-9-6-11(7-14-16(24)21-19(28)22(3)17(14)25)10(2)23(9)12-4-5-13(18(26)27)15(20)8-12/h4-8H,1-3H3,(H,26,27)(H,21,24,28)/b14-7+. The molecule has 9 heteroatoms. The van der Waals surface area contributed by atoms with Crippen molar-refractivity contribution in [2.45, 2.75) is 13.8 Å². The third-order valence-corrected chi connectivity index (χ3v) is 4.83. The molecule has 28 heavy (non-hydrogen) atoms. The van der Waals surface area contributed by atoms with E-state index in [9.17, 15) is 19.2 Å². The molecule has 3 rings (SSSR count). The number of aryl methyl sites for hydroxylation is 1. The molecule has 1 saturated heterocycles. The lowest BCUT2D eigenvalue weighted by molar-refractivity contribution is -0.129. The van der Waals surface area contributed by atoms with Crippen molar-refractivity contribution in [3.05, 3.63) is 57.4 Å². The molecule has 144 valence electrons. The summed E-state index contributed by atoms with van der Waals surface area (Å²) < 4.78 is 1.82. The van der Waals surface area contributed by atoms with E-state index in [0.717, 1.165) is 10.6 Å². The van der Waals surface area contributed by atoms with E-state index in [-0.39, 0.29) is 16.2 Å². The molecule has 0 unspecified atom stereocenters. The molecule has 0 radical (unpaired) electrons. The normalized spacial score (nSPS) is 15.9. The quantitative estimate of drug-likeness (QED) is 0.606. The molecule has 1 fully saturated rings. The van der Waals surface area contributed by atoms with Gasteiger partial charge in [0.2, 0.25) is 0 Å². The number of urea groups is 1. The number of rotatable bonds is 3. The van der Waals surface area contributed by atoms with Crippen molar-refractivity contribution in [1.29, 1.82) is 0 Å². The highest BCUT2D eigenvalue weighted by Crippen LogP contribution is 2.27. The van der Waals surface area contributed by atoms with E-state index in [1.165, 1.54) is 25.3 Å². The molecular formula is C19H16ClN3O5. The van der Waals surface area contributed by atoms with Gasteiger partial charge in [-0.05, 0) is 49.8 Å². The van der Waals surface area contributed by atoms with Crippen LogP contribution in [0.1, 0.15) is 27.3 Å². The predicted octanol–water partition coefficient (Wildman–Crippen LogP) is 2.54. The maximum Gasteiger partial charge on any atom is 0.337 e. The van der Waals surface area contributed by atoms with Gasteiger partial charge >= 0.3 is 12.0 Å². The number of benzene rings is 1. The summed E-state index contributed by atoms with van der Waals surface area (Å²) in [5.74, 6) is -2.57. The van der Waals surface area contributed by atoms with Crippen LogP contribution in [0.4, 0.5) is 4.79 Å². The number of carbonyl (C=O) groups is 4. The first-order valence-corrected chi connectivity index (χ1v) is 8.57. The molecule has 2 aromatic rings. The van der Waals surface area contributed by atoms with E-state index in [0.29, 0.717) is 16.9 Å². The van der Waals surface area contributed by atoms with E-state index in [2.05, 4.69) is 5.32 Å². The van der Waals surface area contributed by atoms with E-state index in [1.54, 1.807) is 19.1 Å². The number of carboxylic acid groups (broad SMARTS) is 1. The number of hydrogen-bond acceptors (Lipinski definition) is 4. The topological polar surface area (TPSA) is 109 Å². The van der Waals surface area contributed by atoms with Gasteiger partial charge in [-0.1, -0.05) is 11.6 Å². The van der Waals surface area contributed by atoms with Crippen molar-refractivity contribution in [2.24, 2.45) is 0 Å². The van der Waals surface area contributed by atoms with Gasteiger partial charge in [0, 0.05) is 24.1 Å². The number of barbiturate groups is 1. The van der Waals surface area contributed by atoms with Crippen LogP contribution in [0.15, 0.2) is 29.8 Å². The fraction of sp³-hybridized carbons (Fsp3) is 0.158. The Hall–Kier alpha value is -3.39. The second kappa shape index (κ2) is 6.97. The summed E-state index contributed by atoms with van der Waals surface area (Å²) in [5, 5.41) is 11.3. The van der Waals surface area contributed by atoms with E-state index in [4.69, 9.17) is 16.7 Å². The molecule has 0 aliphatic carbocycles. The first kappa shape index (κ1) is 19.4. The Morgan fingerprint density at radius 2 is 1.86 bits per heavy atom. The predicted molar refractivity (Wildman–Crippen MR) is 101 cm³/mol. The van der Waals surface area contributed by atoms with Crippen LogP contribution in [-0.4, -0.2) is 45.4 Å². The second-order valence-corrected chi connectivity index (χ2v) is 6.72. The number of likely N-dealkylation sites (N-methyl/N-ethyl adjacent to an activating group) is 1. The zero-order valence-electron chi connectivity index (χ0n) is 15.2. The van der Waals surface area contributed by atoms with Crippen LogP contribution >= 0.6 is 11.6 Å². The van der Waals surface area contributed by atoms with Crippen LogP contribution in [0.3, 0.4) is 0 Å². The van der Waals surface area contributed by atoms with Crippen molar-refractivity contribution < 1.29 is 24.3 Å². The number of aromatic carboxylic acids is 1. The Kier molecular flexibility index (Phi) is 4.82. The molecule has 0 atom stereocenters. The van der Waals surface area contributed by atoms with Gasteiger partial charge in [-0.15, -0.1) is 0 Å². The number of amides is 4. The van der Waals surface area contributed by atoms with Crippen LogP contribution in [-0.2, 0) is 9.59 Å². The Balaban J connectivity index is 2.07. The molecule has 0 spiro atoms. The number of hydrogen-bond donors (Lipinski definition) is 2. The third-order valence-electron chi connectivity index (χ3n) is 4.52. The maximum atomic E-state index is 12.3. The van der Waals surface area contributed by atoms with Gasteiger partial charge in [-0.2, -0.15) is 0 Å². The summed E-state index contributed by atoms with van der Waals surface area (Å²) in [6.07, 6.45) is 1.42. The van der Waals surface area contributed by atoms with Gasteiger partial charge in [0.05, 0.1) is 10.6 Å². The van der Waals surface area contributed by atoms with Crippen molar-refractivity contribution in [1.82, 2.24) is 14.8 Å². The number of halogens is 1. The first-order chi connectivity index (χ1) is 13.1. The number of carbonyl (C=O) groups excluding carboxylic acids is 3. The van der Waals surface area contributed by atoms with Crippen molar-refractivity contribution in [3.8, 4) is 5.69 Å². The largest absolute Gasteiger partial charge is 0.478 e. The minimum atomic E-state index is -1.12. The molecular weight excluding hydrogens is 386 g/mol. The Morgan fingerprint density at radius 3 is 2.46 bits per heavy atom. The summed E-state index contributed by atoms with van der Waals surface area (Å²) in [6.45, 7) is 3.62. The zero-order chi connectivity index (χ0) is 20.7. The summed E-state index contributed by atoms with van der Waals surface area (Å²) in [5.41, 5.74) is 2.59. The highest BCUT2D eigenvalue weighted by atomic mass is 35.5. The number of nitrogens with zero attached hydrogens (tertiary/aromatic N) is 2. The minimum absolute atomic E-state index is 0.00704. The summed E-state index contributed by atoms with van der Waals surface area (Å²) >= 11 is 6.07. The van der Waals surface area contributed by atoms with Crippen molar-refractivity contribution in [2.75, 3.05) is 7.05 Å². The van der Waals surface area contributed by atoms with Gasteiger partial charge in [0.15, 0.2) is 0 Å². The van der Waals surface area contributed by atoms with Crippen molar-refractivity contribution in [3.63, 3.8) is 0 Å². The number of aromatic nitrogens is 1. The van der Waals surface area contributed by atoms with Crippen molar-refractivity contribution >= 4 is 41.5 Å². The minimum Gasteiger partial charge on any atom is -0.478 e. The van der Waals surface area contributed by atoms with Gasteiger partial charge in [-0.25, -0.2) is 9.59 Å². The molecule has 2 heterocycles. The lowest BCUT2D eigenvalue weighted by Gasteiger charge is -2.22. The van der Waals surface area contributed by atoms with Crippen LogP contribution in [0, 0.1) is 13.8 Å². The third kappa shape index (κ3) is 3.18. The Morgan fingerprint density at radius 1 is 1.18 bits per heavy atom. The lowest BCUT2D eigenvalue weighted by Crippen LogP contribution is -2.52. The summed E-state index contributed by atoms with van der Waals surface area (Å²) in [4.78, 5) is 47.8. The molecule has 4 amide bonds. The van der Waals surface area contributed by atoms with E-state index < -0.39 is 23.8 Å². The van der Waals surface area contributed by atoms with Crippen LogP contribution in [0.2, 0.25) is 5.02 Å². The van der Waals surface area contributed by atoms with Gasteiger partial charge in [0.1, 0.15) is 5.57 Å². The Labute approximate surface area is 165 Å². The fourth-order valence-corrected chi connectivity index (χ4v) is 3.30. The molecule has 8 nitrogen and oxygen atoms in total. The maximum absolute atomic E-state index is 12.3. The van der Waals surface area contributed by atoms with E-state index in [1.807, 2.05) is 11.5 Å². The lowest BCUT2D eigenvalue weighted by atomic mass is 10.1. The average molecular weight is 402 g/mol. The molecule has 0 saturated carbocycles. The highest BCUT2D eigenvalue weighted by molar-refractivity contribution is 6.33. The first-order valence-electron chi connectivity index (χ1n) is 8.19. The van der Waals surface area contributed by atoms with Crippen LogP contribution < -0.4 is 5.32 Å². The monoisotopic (exact) mass is 401 g/mol. The second-order valence-electron chi connectivity index (χ2n) is 6.31. The molecule has 1 aromatic heterocycles. The number of imide groups is 2. The van der Waals surface area contributed by atoms with Gasteiger partial charge in [-0.3, -0.25) is 19.8 Å². The van der Waals surface area contributed by atoms with E-state index >= 15 is 0 Å². The summed E-state index contributed by atoms with van der Waals surface area (Å²) in [7, 11) is 1.28. The molecule has 0 bridgehead atoms. The molecule has 1 aliphatic rings. The van der Waals surface area contributed by atoms with Crippen LogP contribution in [0.5, 0.6) is 0 Å². The smallest absolute Gasteiger partial charge is 0.337 e. The molecule has 1 aromatic carbocycles. The molecule has 1 aliphatic heterocycles. The highest BCUT2D eigenvalue weighted by Gasteiger charge is 2.33. The summed E-state index contributed by atoms with van der Waals surface area (Å²) in [6, 6.07) is 5.57. The molecule has 2 N–H and O–H groups in total. The SMILES string of the molecule is Cc1cc(/C=C2\C(=O)NC(=O)N(C)C2=O)c(C)n1-c1ccc(C(=O)O)c(Cl)c1. The Bertz CT molecular complexity index is 1080. The fourth-order valence-electron chi connectivity index (χ4n) is 3.05.